The Bertz CT molecular complexity index is 786. The predicted octanol–water partition coefficient (Wildman–Crippen LogP) is 3.28. The van der Waals surface area contributed by atoms with Crippen molar-refractivity contribution < 1.29 is 9.59 Å². The molecule has 0 aromatic heterocycles. The number of fused-ring (bicyclic) bond motifs is 1. The summed E-state index contributed by atoms with van der Waals surface area (Å²) in [5.41, 5.74) is 4.17. The molecule has 0 spiro atoms. The molecule has 0 aliphatic carbocycles. The Morgan fingerprint density at radius 3 is 2.67 bits per heavy atom. The number of anilines is 3. The second-order valence-electron chi connectivity index (χ2n) is 5.87. The largest absolute Gasteiger partial charge is 0.387 e. The number of rotatable bonds is 3. The summed E-state index contributed by atoms with van der Waals surface area (Å²) in [7, 11) is 1.79. The van der Waals surface area contributed by atoms with Crippen molar-refractivity contribution in [1.29, 1.82) is 0 Å². The standard InChI is InChI=1S/C19H21N3O2/c1-13(23)22-11-5-6-14-12-15(9-10-18(14)22)21-19(24)16-7-3-4-8-17(16)20-2/h3-4,7-10,12,20H,5-6,11H2,1-2H3,(H,21,24). The normalized spacial score (nSPS) is 13.2. The van der Waals surface area contributed by atoms with Crippen LogP contribution in [0.4, 0.5) is 17.1 Å². The van der Waals surface area contributed by atoms with Gasteiger partial charge in [0.05, 0.1) is 5.56 Å². The topological polar surface area (TPSA) is 61.4 Å². The number of hydrogen-bond acceptors (Lipinski definition) is 3. The van der Waals surface area contributed by atoms with Crippen LogP contribution in [0.3, 0.4) is 0 Å². The van der Waals surface area contributed by atoms with Gasteiger partial charge in [-0.2, -0.15) is 0 Å². The number of nitrogens with zero attached hydrogens (tertiary/aromatic N) is 1. The number of aryl methyl sites for hydroxylation is 1. The number of nitrogens with one attached hydrogen (secondary N) is 2. The third-order valence-corrected chi connectivity index (χ3v) is 4.28. The summed E-state index contributed by atoms with van der Waals surface area (Å²) in [4.78, 5) is 26.0. The zero-order chi connectivity index (χ0) is 17.1. The molecule has 5 nitrogen and oxygen atoms in total. The lowest BCUT2D eigenvalue weighted by atomic mass is 10.0. The van der Waals surface area contributed by atoms with Gasteiger partial charge < -0.3 is 15.5 Å². The van der Waals surface area contributed by atoms with Crippen LogP contribution in [0, 0.1) is 0 Å². The van der Waals surface area contributed by atoms with E-state index in [1.54, 1.807) is 24.9 Å². The number of carbonyl (C=O) groups is 2. The Morgan fingerprint density at radius 1 is 1.12 bits per heavy atom. The first-order valence-corrected chi connectivity index (χ1v) is 8.09. The first-order valence-electron chi connectivity index (χ1n) is 8.09. The van der Waals surface area contributed by atoms with Crippen LogP contribution in [0.2, 0.25) is 0 Å². The third kappa shape index (κ3) is 3.11. The first-order chi connectivity index (χ1) is 11.6. The average Bonchev–Trinajstić information content (AvgIpc) is 2.60. The fraction of sp³-hybridized carbons (Fsp3) is 0.263. The molecular weight excluding hydrogens is 302 g/mol. The summed E-state index contributed by atoms with van der Waals surface area (Å²) in [6.07, 6.45) is 1.85. The van der Waals surface area contributed by atoms with E-state index in [9.17, 15) is 9.59 Å². The molecule has 2 aromatic rings. The molecule has 0 fully saturated rings. The number of amides is 2. The molecule has 0 unspecified atom stereocenters. The molecule has 1 heterocycles. The Hall–Kier alpha value is -2.82. The lowest BCUT2D eigenvalue weighted by molar-refractivity contribution is -0.116. The number of hydrogen-bond donors (Lipinski definition) is 2. The minimum absolute atomic E-state index is 0.0516. The van der Waals surface area contributed by atoms with Crippen LogP contribution in [0.25, 0.3) is 0 Å². The van der Waals surface area contributed by atoms with E-state index in [1.165, 1.54) is 0 Å². The van der Waals surface area contributed by atoms with Gasteiger partial charge in [0, 0.05) is 37.6 Å². The molecule has 0 bridgehead atoms. The third-order valence-electron chi connectivity index (χ3n) is 4.28. The average molecular weight is 323 g/mol. The highest BCUT2D eigenvalue weighted by Crippen LogP contribution is 2.30. The molecule has 0 radical (unpaired) electrons. The van der Waals surface area contributed by atoms with Gasteiger partial charge in [-0.3, -0.25) is 9.59 Å². The molecule has 3 rings (SSSR count). The molecule has 124 valence electrons. The van der Waals surface area contributed by atoms with E-state index in [1.807, 2.05) is 36.4 Å². The van der Waals surface area contributed by atoms with E-state index >= 15 is 0 Å². The fourth-order valence-electron chi connectivity index (χ4n) is 3.10. The highest BCUT2D eigenvalue weighted by molar-refractivity contribution is 6.08. The van der Waals surface area contributed by atoms with Crippen LogP contribution in [-0.4, -0.2) is 25.4 Å². The molecule has 0 saturated carbocycles. The molecule has 24 heavy (non-hydrogen) atoms. The fourth-order valence-corrected chi connectivity index (χ4v) is 3.10. The number of para-hydroxylation sites is 1. The van der Waals surface area contributed by atoms with Crippen LogP contribution < -0.4 is 15.5 Å². The monoisotopic (exact) mass is 323 g/mol. The van der Waals surface area contributed by atoms with Crippen molar-refractivity contribution in [2.45, 2.75) is 19.8 Å². The Labute approximate surface area is 141 Å². The summed E-state index contributed by atoms with van der Waals surface area (Å²) in [6.45, 7) is 2.34. The first kappa shape index (κ1) is 16.1. The maximum absolute atomic E-state index is 12.5. The van der Waals surface area contributed by atoms with Crippen molar-refractivity contribution in [3.8, 4) is 0 Å². The van der Waals surface area contributed by atoms with Gasteiger partial charge in [0.25, 0.3) is 5.91 Å². The summed E-state index contributed by atoms with van der Waals surface area (Å²) >= 11 is 0. The van der Waals surface area contributed by atoms with Crippen LogP contribution >= 0.6 is 0 Å². The molecule has 1 aliphatic rings. The minimum Gasteiger partial charge on any atom is -0.387 e. The van der Waals surface area contributed by atoms with Crippen molar-refractivity contribution in [2.75, 3.05) is 29.1 Å². The molecule has 1 aliphatic heterocycles. The van der Waals surface area contributed by atoms with Crippen molar-refractivity contribution >= 4 is 28.9 Å². The number of benzene rings is 2. The second kappa shape index (κ2) is 6.74. The van der Waals surface area contributed by atoms with Crippen molar-refractivity contribution in [2.24, 2.45) is 0 Å². The highest BCUT2D eigenvalue weighted by Gasteiger charge is 2.20. The summed E-state index contributed by atoms with van der Waals surface area (Å²) in [6, 6.07) is 13.1. The zero-order valence-corrected chi connectivity index (χ0v) is 13.9. The van der Waals surface area contributed by atoms with Gasteiger partial charge in [-0.05, 0) is 48.7 Å². The van der Waals surface area contributed by atoms with Crippen LogP contribution in [-0.2, 0) is 11.2 Å². The Kier molecular flexibility index (Phi) is 4.51. The SMILES string of the molecule is CNc1ccccc1C(=O)Nc1ccc2c(c1)CCCN2C(C)=O. The lowest BCUT2D eigenvalue weighted by Crippen LogP contribution is -2.33. The molecule has 2 amide bonds. The lowest BCUT2D eigenvalue weighted by Gasteiger charge is -2.29. The van der Waals surface area contributed by atoms with E-state index in [4.69, 9.17) is 0 Å². The summed E-state index contributed by atoms with van der Waals surface area (Å²) in [5.74, 6) is -0.102. The minimum atomic E-state index is -0.154. The molecule has 0 saturated heterocycles. The summed E-state index contributed by atoms with van der Waals surface area (Å²) in [5, 5.41) is 5.97. The highest BCUT2D eigenvalue weighted by atomic mass is 16.2. The second-order valence-corrected chi connectivity index (χ2v) is 5.87. The molecule has 5 heteroatoms. The van der Waals surface area contributed by atoms with Crippen molar-refractivity contribution in [3.63, 3.8) is 0 Å². The van der Waals surface area contributed by atoms with Crippen molar-refractivity contribution in [1.82, 2.24) is 0 Å². The van der Waals surface area contributed by atoms with Crippen LogP contribution in [0.15, 0.2) is 42.5 Å². The summed E-state index contributed by atoms with van der Waals surface area (Å²) < 4.78 is 0. The molecule has 2 N–H and O–H groups in total. The van der Waals surface area contributed by atoms with Crippen molar-refractivity contribution in [3.05, 3.63) is 53.6 Å². The Balaban J connectivity index is 1.84. The predicted molar refractivity (Wildman–Crippen MR) is 96.7 cm³/mol. The maximum atomic E-state index is 12.5. The maximum Gasteiger partial charge on any atom is 0.257 e. The van der Waals surface area contributed by atoms with E-state index in [0.29, 0.717) is 5.56 Å². The van der Waals surface area contributed by atoms with E-state index in [-0.39, 0.29) is 11.8 Å². The molecular formula is C19H21N3O2. The van der Waals surface area contributed by atoms with E-state index < -0.39 is 0 Å². The van der Waals surface area contributed by atoms with Gasteiger partial charge in [0.15, 0.2) is 0 Å². The van der Waals surface area contributed by atoms with Gasteiger partial charge in [-0.1, -0.05) is 12.1 Å². The van der Waals surface area contributed by atoms with E-state index in [2.05, 4.69) is 10.6 Å². The van der Waals surface area contributed by atoms with Gasteiger partial charge in [-0.15, -0.1) is 0 Å². The van der Waals surface area contributed by atoms with E-state index in [0.717, 1.165) is 42.0 Å². The number of carbonyl (C=O) groups excluding carboxylic acids is 2. The quantitative estimate of drug-likeness (QED) is 0.911. The smallest absolute Gasteiger partial charge is 0.257 e. The Morgan fingerprint density at radius 2 is 1.92 bits per heavy atom. The van der Waals surface area contributed by atoms with Crippen LogP contribution in [0.5, 0.6) is 0 Å². The van der Waals surface area contributed by atoms with Gasteiger partial charge in [0.1, 0.15) is 0 Å². The van der Waals surface area contributed by atoms with Crippen LogP contribution in [0.1, 0.15) is 29.3 Å². The molecule has 0 atom stereocenters. The van der Waals surface area contributed by atoms with Gasteiger partial charge in [-0.25, -0.2) is 0 Å². The van der Waals surface area contributed by atoms with Gasteiger partial charge in [0.2, 0.25) is 5.91 Å². The van der Waals surface area contributed by atoms with Gasteiger partial charge >= 0.3 is 0 Å². The zero-order valence-electron chi connectivity index (χ0n) is 13.9. The molecule has 2 aromatic carbocycles.